The van der Waals surface area contributed by atoms with Gasteiger partial charge in [0, 0.05) is 25.7 Å². The van der Waals surface area contributed by atoms with Crippen molar-refractivity contribution < 1.29 is 80.2 Å². The van der Waals surface area contributed by atoms with E-state index in [0.29, 0.717) is 25.7 Å². The van der Waals surface area contributed by atoms with Gasteiger partial charge in [-0.15, -0.1) is 0 Å². The molecule has 0 fully saturated rings. The van der Waals surface area contributed by atoms with E-state index in [1.807, 2.05) is 0 Å². The number of carbonyl (C=O) groups excluding carboxylic acids is 4. The molecule has 90 heavy (non-hydrogen) atoms. The number of ether oxygens (including phenoxy) is 4. The quantitative estimate of drug-likeness (QED) is 0.0222. The highest BCUT2D eigenvalue weighted by molar-refractivity contribution is 7.47. The Balaban J connectivity index is 5.25. The molecule has 5 atom stereocenters. The number of aliphatic hydroxyl groups excluding tert-OH is 1. The van der Waals surface area contributed by atoms with Crippen LogP contribution in [0.2, 0.25) is 0 Å². The third-order valence-corrected chi connectivity index (χ3v) is 18.4. The maximum absolute atomic E-state index is 13.0. The number of esters is 4. The first-order chi connectivity index (χ1) is 43.4. The molecular formula is C71H138O17P2. The van der Waals surface area contributed by atoms with Crippen LogP contribution in [0, 0.1) is 11.8 Å². The summed E-state index contributed by atoms with van der Waals surface area (Å²) >= 11 is 0. The number of carbonyl (C=O) groups is 4. The Kier molecular flexibility index (Phi) is 61.8. The van der Waals surface area contributed by atoms with Crippen LogP contribution >= 0.6 is 15.6 Å². The summed E-state index contributed by atoms with van der Waals surface area (Å²) in [6, 6.07) is 0. The zero-order valence-corrected chi connectivity index (χ0v) is 60.2. The number of rotatable bonds is 70. The Morgan fingerprint density at radius 3 is 0.756 bits per heavy atom. The Hall–Kier alpha value is -1.94. The van der Waals surface area contributed by atoms with Crippen LogP contribution in [0.1, 0.15) is 363 Å². The van der Waals surface area contributed by atoms with Gasteiger partial charge in [0.05, 0.1) is 26.4 Å². The van der Waals surface area contributed by atoms with E-state index < -0.39 is 97.5 Å². The normalized spacial score (nSPS) is 14.1. The van der Waals surface area contributed by atoms with Crippen LogP contribution in [-0.2, 0) is 65.4 Å². The van der Waals surface area contributed by atoms with Crippen molar-refractivity contribution in [1.82, 2.24) is 0 Å². The first kappa shape index (κ1) is 88.1. The second-order valence-electron chi connectivity index (χ2n) is 26.6. The molecule has 0 rings (SSSR count). The van der Waals surface area contributed by atoms with Gasteiger partial charge >= 0.3 is 39.5 Å². The molecule has 0 heterocycles. The number of hydrogen-bond acceptors (Lipinski definition) is 15. The minimum absolute atomic E-state index is 0.105. The summed E-state index contributed by atoms with van der Waals surface area (Å²) in [5, 5.41) is 10.6. The third kappa shape index (κ3) is 64.8. The molecule has 0 aliphatic rings. The van der Waals surface area contributed by atoms with Gasteiger partial charge in [-0.2, -0.15) is 0 Å². The van der Waals surface area contributed by atoms with Crippen molar-refractivity contribution in [1.29, 1.82) is 0 Å². The van der Waals surface area contributed by atoms with Crippen molar-refractivity contribution in [2.24, 2.45) is 11.8 Å². The molecular weight excluding hydrogens is 1190 g/mol. The zero-order valence-electron chi connectivity index (χ0n) is 58.4. The van der Waals surface area contributed by atoms with Crippen LogP contribution in [0.15, 0.2) is 0 Å². The van der Waals surface area contributed by atoms with E-state index in [-0.39, 0.29) is 25.7 Å². The molecule has 17 nitrogen and oxygen atoms in total. The van der Waals surface area contributed by atoms with Gasteiger partial charge < -0.3 is 33.8 Å². The van der Waals surface area contributed by atoms with Crippen molar-refractivity contribution in [3.63, 3.8) is 0 Å². The minimum atomic E-state index is -4.95. The fourth-order valence-corrected chi connectivity index (χ4v) is 12.3. The molecule has 0 saturated carbocycles. The Morgan fingerprint density at radius 1 is 0.300 bits per heavy atom. The summed E-state index contributed by atoms with van der Waals surface area (Å²) in [5.41, 5.74) is 0. The lowest BCUT2D eigenvalue weighted by atomic mass is 10.0. The highest BCUT2D eigenvalue weighted by atomic mass is 31.2. The molecule has 534 valence electrons. The average molecular weight is 1330 g/mol. The smallest absolute Gasteiger partial charge is 0.462 e. The predicted octanol–water partition coefficient (Wildman–Crippen LogP) is 20.4. The highest BCUT2D eigenvalue weighted by Crippen LogP contribution is 2.45. The lowest BCUT2D eigenvalue weighted by Gasteiger charge is -2.21. The lowest BCUT2D eigenvalue weighted by Crippen LogP contribution is -2.30. The fraction of sp³-hybridized carbons (Fsp3) is 0.944. The van der Waals surface area contributed by atoms with Gasteiger partial charge in [0.15, 0.2) is 12.2 Å². The summed E-state index contributed by atoms with van der Waals surface area (Å²) in [4.78, 5) is 72.6. The van der Waals surface area contributed by atoms with Gasteiger partial charge in [0.1, 0.15) is 19.3 Å². The van der Waals surface area contributed by atoms with Crippen molar-refractivity contribution in [2.45, 2.75) is 381 Å². The van der Waals surface area contributed by atoms with E-state index in [1.54, 1.807) is 0 Å². The van der Waals surface area contributed by atoms with E-state index in [4.69, 9.17) is 37.0 Å². The van der Waals surface area contributed by atoms with Gasteiger partial charge in [0.2, 0.25) is 0 Å². The minimum Gasteiger partial charge on any atom is -0.462 e. The van der Waals surface area contributed by atoms with Crippen LogP contribution in [0.3, 0.4) is 0 Å². The highest BCUT2D eigenvalue weighted by Gasteiger charge is 2.30. The van der Waals surface area contributed by atoms with E-state index in [1.165, 1.54) is 180 Å². The summed E-state index contributed by atoms with van der Waals surface area (Å²) in [6.45, 7) is 9.54. The summed E-state index contributed by atoms with van der Waals surface area (Å²) < 4.78 is 68.3. The van der Waals surface area contributed by atoms with E-state index in [0.717, 1.165) is 102 Å². The first-order valence-corrected chi connectivity index (χ1v) is 40.0. The Labute approximate surface area is 549 Å². The van der Waals surface area contributed by atoms with Gasteiger partial charge in [-0.1, -0.05) is 311 Å². The largest absolute Gasteiger partial charge is 0.472 e. The van der Waals surface area contributed by atoms with Gasteiger partial charge in [-0.25, -0.2) is 9.13 Å². The average Bonchev–Trinajstić information content (AvgIpc) is 3.70. The molecule has 0 aromatic carbocycles. The molecule has 2 unspecified atom stereocenters. The standard InChI is InChI=1S/C71H138O17P2/c1-7-9-11-13-15-17-19-20-24-30-36-42-48-54-69(74)82-60-66(87-70(75)55-49-43-37-31-25-22-21-23-27-33-39-45-51-63(3)4)61-85-89(77,78)83-57-65(72)58-84-90(79,80)86-62-67(59-81-68(73)53-47-41-35-29-18-16-14-12-10-8-2)88-71(76)56-50-44-38-32-26-28-34-40-46-52-64(5)6/h63-67,72H,7-62H2,1-6H3,(H,77,78)(H,79,80)/t65-,66-,67-/m1/s1. The molecule has 0 aliphatic heterocycles. The molecule has 0 aromatic rings. The molecule has 0 amide bonds. The van der Waals surface area contributed by atoms with Crippen LogP contribution in [-0.4, -0.2) is 96.7 Å². The van der Waals surface area contributed by atoms with Crippen LogP contribution in [0.5, 0.6) is 0 Å². The number of unbranched alkanes of at least 4 members (excludes halogenated alkanes) is 40. The topological polar surface area (TPSA) is 237 Å². The fourth-order valence-electron chi connectivity index (χ4n) is 10.8. The van der Waals surface area contributed by atoms with E-state index in [2.05, 4.69) is 41.5 Å². The Morgan fingerprint density at radius 2 is 0.511 bits per heavy atom. The van der Waals surface area contributed by atoms with Gasteiger partial charge in [0.25, 0.3) is 0 Å². The molecule has 19 heteroatoms. The van der Waals surface area contributed by atoms with Gasteiger partial charge in [-0.05, 0) is 37.5 Å². The van der Waals surface area contributed by atoms with Crippen molar-refractivity contribution in [2.75, 3.05) is 39.6 Å². The van der Waals surface area contributed by atoms with E-state index >= 15 is 0 Å². The molecule has 0 aliphatic carbocycles. The number of hydrogen-bond donors (Lipinski definition) is 3. The van der Waals surface area contributed by atoms with Crippen molar-refractivity contribution >= 4 is 39.5 Å². The van der Waals surface area contributed by atoms with Gasteiger partial charge in [-0.3, -0.25) is 37.3 Å². The molecule has 0 spiro atoms. The van der Waals surface area contributed by atoms with Crippen LogP contribution in [0.25, 0.3) is 0 Å². The molecule has 0 saturated heterocycles. The van der Waals surface area contributed by atoms with Crippen LogP contribution < -0.4 is 0 Å². The first-order valence-electron chi connectivity index (χ1n) is 37.0. The number of aliphatic hydroxyl groups is 1. The Bertz CT molecular complexity index is 1750. The summed E-state index contributed by atoms with van der Waals surface area (Å²) in [6.07, 6.45) is 48.4. The molecule has 3 N–H and O–H groups in total. The second-order valence-corrected chi connectivity index (χ2v) is 29.5. The number of phosphoric acid groups is 2. The SMILES string of the molecule is CCCCCCCCCCCCCCCC(=O)OC[C@H](COP(=O)(O)OC[C@@H](O)COP(=O)(O)OC[C@@H](COC(=O)CCCCCCCCCCCC)OC(=O)CCCCCCCCCCCC(C)C)OC(=O)CCCCCCCCCCCCCCC(C)C. The second kappa shape index (κ2) is 63.1. The lowest BCUT2D eigenvalue weighted by molar-refractivity contribution is -0.161. The maximum atomic E-state index is 13.0. The summed E-state index contributed by atoms with van der Waals surface area (Å²) in [7, 11) is -9.90. The molecule has 0 bridgehead atoms. The third-order valence-electron chi connectivity index (χ3n) is 16.5. The van der Waals surface area contributed by atoms with Crippen LogP contribution in [0.4, 0.5) is 0 Å². The zero-order chi connectivity index (χ0) is 66.5. The number of phosphoric ester groups is 2. The summed E-state index contributed by atoms with van der Waals surface area (Å²) in [5.74, 6) is -0.608. The maximum Gasteiger partial charge on any atom is 0.472 e. The van der Waals surface area contributed by atoms with E-state index in [9.17, 15) is 43.2 Å². The molecule has 0 radical (unpaired) electrons. The monoisotopic (exact) mass is 1320 g/mol. The molecule has 0 aromatic heterocycles. The predicted molar refractivity (Wildman–Crippen MR) is 363 cm³/mol. The van der Waals surface area contributed by atoms with Crippen molar-refractivity contribution in [3.8, 4) is 0 Å². The van der Waals surface area contributed by atoms with Crippen molar-refractivity contribution in [3.05, 3.63) is 0 Å².